The molecule has 0 atom stereocenters. The van der Waals surface area contributed by atoms with Crippen LogP contribution in [0.15, 0.2) is 54.6 Å². The second-order valence-corrected chi connectivity index (χ2v) is 7.04. The molecule has 0 heterocycles. The third-order valence-corrected chi connectivity index (χ3v) is 4.15. The highest BCUT2D eigenvalue weighted by Gasteiger charge is 2.13. The van der Waals surface area contributed by atoms with Crippen molar-refractivity contribution in [2.24, 2.45) is 0 Å². The lowest BCUT2D eigenvalue weighted by Gasteiger charge is -2.23. The number of carbonyl (C=O) groups is 1. The molecule has 2 rings (SSSR count). The van der Waals surface area contributed by atoms with E-state index in [-0.39, 0.29) is 11.3 Å². The van der Waals surface area contributed by atoms with Crippen molar-refractivity contribution in [3.05, 3.63) is 60.2 Å². The molecule has 0 aliphatic heterocycles. The Morgan fingerprint density at radius 1 is 1.00 bits per heavy atom. The predicted molar refractivity (Wildman–Crippen MR) is 103 cm³/mol. The minimum atomic E-state index is 0.0490. The van der Waals surface area contributed by atoms with Crippen molar-refractivity contribution < 1.29 is 4.79 Å². The van der Waals surface area contributed by atoms with Gasteiger partial charge in [-0.25, -0.2) is 0 Å². The average Bonchev–Trinajstić information content (AvgIpc) is 2.56. The van der Waals surface area contributed by atoms with Crippen molar-refractivity contribution in [3.8, 4) is 0 Å². The van der Waals surface area contributed by atoms with Gasteiger partial charge >= 0.3 is 0 Å². The summed E-state index contributed by atoms with van der Waals surface area (Å²) in [5, 5.41) is 2.99. The standard InChI is InChI=1S/C21H28N2O/c1-5-23(19-9-7-6-8-10-19)16-15-20(24)22-18-13-11-17(12-14-18)21(2,3)4/h6-14H,5,15-16H2,1-4H3,(H,22,24). The Kier molecular flexibility index (Phi) is 6.02. The van der Waals surface area contributed by atoms with Crippen LogP contribution in [0.25, 0.3) is 0 Å². The Morgan fingerprint density at radius 3 is 2.17 bits per heavy atom. The molecule has 0 saturated heterocycles. The predicted octanol–water partition coefficient (Wildman–Crippen LogP) is 4.84. The Morgan fingerprint density at radius 2 is 1.62 bits per heavy atom. The van der Waals surface area contributed by atoms with Crippen LogP contribution in [0.2, 0.25) is 0 Å². The average molecular weight is 324 g/mol. The molecule has 2 aromatic carbocycles. The molecule has 128 valence electrons. The van der Waals surface area contributed by atoms with E-state index < -0.39 is 0 Å². The first-order valence-electron chi connectivity index (χ1n) is 8.60. The fourth-order valence-corrected chi connectivity index (χ4v) is 2.62. The molecular weight excluding hydrogens is 296 g/mol. The molecule has 0 fully saturated rings. The molecule has 0 radical (unpaired) electrons. The van der Waals surface area contributed by atoms with Crippen molar-refractivity contribution in [1.82, 2.24) is 0 Å². The zero-order valence-corrected chi connectivity index (χ0v) is 15.2. The zero-order valence-electron chi connectivity index (χ0n) is 15.2. The smallest absolute Gasteiger partial charge is 0.226 e. The van der Waals surface area contributed by atoms with E-state index >= 15 is 0 Å². The van der Waals surface area contributed by atoms with E-state index in [1.165, 1.54) is 5.56 Å². The Balaban J connectivity index is 1.89. The van der Waals surface area contributed by atoms with Gasteiger partial charge in [-0.15, -0.1) is 0 Å². The van der Waals surface area contributed by atoms with Gasteiger partial charge in [0.15, 0.2) is 0 Å². The Hall–Kier alpha value is -2.29. The van der Waals surface area contributed by atoms with E-state index in [0.29, 0.717) is 13.0 Å². The molecule has 2 aromatic rings. The molecule has 0 bridgehead atoms. The molecule has 24 heavy (non-hydrogen) atoms. The van der Waals surface area contributed by atoms with Crippen molar-refractivity contribution in [3.63, 3.8) is 0 Å². The molecular formula is C21H28N2O. The van der Waals surface area contributed by atoms with Gasteiger partial charge in [-0.3, -0.25) is 4.79 Å². The summed E-state index contributed by atoms with van der Waals surface area (Å²) in [6.07, 6.45) is 0.476. The summed E-state index contributed by atoms with van der Waals surface area (Å²) in [6.45, 7) is 10.3. The van der Waals surface area contributed by atoms with Gasteiger partial charge in [0.25, 0.3) is 0 Å². The zero-order chi connectivity index (χ0) is 17.6. The number of nitrogens with zero attached hydrogens (tertiary/aromatic N) is 1. The minimum absolute atomic E-state index is 0.0490. The van der Waals surface area contributed by atoms with Crippen molar-refractivity contribution in [1.29, 1.82) is 0 Å². The van der Waals surface area contributed by atoms with Gasteiger partial charge in [0.05, 0.1) is 0 Å². The van der Waals surface area contributed by atoms with E-state index in [9.17, 15) is 4.79 Å². The second-order valence-electron chi connectivity index (χ2n) is 7.04. The number of para-hydroxylation sites is 1. The summed E-state index contributed by atoms with van der Waals surface area (Å²) >= 11 is 0. The monoisotopic (exact) mass is 324 g/mol. The molecule has 3 nitrogen and oxygen atoms in total. The van der Waals surface area contributed by atoms with Gasteiger partial charge in [0.2, 0.25) is 5.91 Å². The summed E-state index contributed by atoms with van der Waals surface area (Å²) in [5.41, 5.74) is 3.40. The van der Waals surface area contributed by atoms with Gasteiger partial charge in [-0.1, -0.05) is 51.1 Å². The van der Waals surface area contributed by atoms with Gasteiger partial charge in [-0.05, 0) is 42.2 Å². The molecule has 3 heteroatoms. The van der Waals surface area contributed by atoms with Crippen LogP contribution in [-0.2, 0) is 10.2 Å². The van der Waals surface area contributed by atoms with Crippen molar-refractivity contribution in [2.45, 2.75) is 39.5 Å². The lowest BCUT2D eigenvalue weighted by molar-refractivity contribution is -0.116. The van der Waals surface area contributed by atoms with E-state index in [0.717, 1.165) is 17.9 Å². The lowest BCUT2D eigenvalue weighted by Crippen LogP contribution is -2.27. The molecule has 0 aliphatic carbocycles. The fraction of sp³-hybridized carbons (Fsp3) is 0.381. The third kappa shape index (κ3) is 5.12. The van der Waals surface area contributed by atoms with Crippen molar-refractivity contribution >= 4 is 17.3 Å². The maximum Gasteiger partial charge on any atom is 0.226 e. The summed E-state index contributed by atoms with van der Waals surface area (Å²) < 4.78 is 0. The quantitative estimate of drug-likeness (QED) is 0.824. The fourth-order valence-electron chi connectivity index (χ4n) is 2.62. The number of anilines is 2. The number of benzene rings is 2. The van der Waals surface area contributed by atoms with Crippen LogP contribution in [-0.4, -0.2) is 19.0 Å². The molecule has 0 spiro atoms. The Bertz CT molecular complexity index is 642. The van der Waals surface area contributed by atoms with Gasteiger partial charge < -0.3 is 10.2 Å². The van der Waals surface area contributed by atoms with Crippen LogP contribution in [0, 0.1) is 0 Å². The van der Waals surface area contributed by atoms with Crippen LogP contribution < -0.4 is 10.2 Å². The topological polar surface area (TPSA) is 32.3 Å². The summed E-state index contributed by atoms with van der Waals surface area (Å²) in [4.78, 5) is 14.4. The molecule has 1 N–H and O–H groups in total. The third-order valence-electron chi connectivity index (χ3n) is 4.15. The normalized spacial score (nSPS) is 11.2. The first kappa shape index (κ1) is 18.1. The SMILES string of the molecule is CCN(CCC(=O)Nc1ccc(C(C)(C)C)cc1)c1ccccc1. The van der Waals surface area contributed by atoms with E-state index in [1.54, 1.807) is 0 Å². The minimum Gasteiger partial charge on any atom is -0.371 e. The Labute approximate surface area is 145 Å². The molecule has 0 aliphatic rings. The van der Waals surface area contributed by atoms with Crippen LogP contribution in [0.4, 0.5) is 11.4 Å². The summed E-state index contributed by atoms with van der Waals surface area (Å²) in [7, 11) is 0. The molecule has 0 aromatic heterocycles. The highest BCUT2D eigenvalue weighted by Crippen LogP contribution is 2.23. The summed E-state index contributed by atoms with van der Waals surface area (Å²) in [5.74, 6) is 0.0490. The van der Waals surface area contributed by atoms with E-state index in [4.69, 9.17) is 0 Å². The largest absolute Gasteiger partial charge is 0.371 e. The van der Waals surface area contributed by atoms with Crippen LogP contribution in [0.3, 0.4) is 0 Å². The first-order valence-corrected chi connectivity index (χ1v) is 8.60. The molecule has 0 saturated carbocycles. The number of hydrogen-bond acceptors (Lipinski definition) is 2. The van der Waals surface area contributed by atoms with Crippen molar-refractivity contribution in [2.75, 3.05) is 23.3 Å². The van der Waals surface area contributed by atoms with Crippen LogP contribution in [0.1, 0.15) is 39.7 Å². The number of amides is 1. The van der Waals surface area contributed by atoms with Crippen LogP contribution >= 0.6 is 0 Å². The number of hydrogen-bond donors (Lipinski definition) is 1. The molecule has 1 amide bonds. The maximum atomic E-state index is 12.2. The highest BCUT2D eigenvalue weighted by molar-refractivity contribution is 5.91. The first-order chi connectivity index (χ1) is 11.4. The second kappa shape index (κ2) is 8.00. The van der Waals surface area contributed by atoms with Crippen LogP contribution in [0.5, 0.6) is 0 Å². The van der Waals surface area contributed by atoms with Gasteiger partial charge in [0.1, 0.15) is 0 Å². The van der Waals surface area contributed by atoms with E-state index in [2.05, 4.69) is 62.2 Å². The maximum absolute atomic E-state index is 12.2. The van der Waals surface area contributed by atoms with Gasteiger partial charge in [-0.2, -0.15) is 0 Å². The number of nitrogens with one attached hydrogen (secondary N) is 1. The molecule has 0 unspecified atom stereocenters. The highest BCUT2D eigenvalue weighted by atomic mass is 16.1. The summed E-state index contributed by atoms with van der Waals surface area (Å²) in [6, 6.07) is 18.3. The number of carbonyl (C=O) groups excluding carboxylic acids is 1. The van der Waals surface area contributed by atoms with E-state index in [1.807, 2.05) is 30.3 Å². The number of rotatable bonds is 6. The lowest BCUT2D eigenvalue weighted by atomic mass is 9.87. The van der Waals surface area contributed by atoms with Gasteiger partial charge in [0, 0.05) is 30.9 Å².